The van der Waals surface area contributed by atoms with E-state index in [0.717, 1.165) is 25.9 Å². The molecule has 2 heterocycles. The first kappa shape index (κ1) is 10.4. The number of carbonyl (C=O) groups excluding carboxylic acids is 1. The molecule has 82 valence electrons. The van der Waals surface area contributed by atoms with Crippen LogP contribution in [-0.4, -0.2) is 38.7 Å². The van der Waals surface area contributed by atoms with Gasteiger partial charge in [0.1, 0.15) is 12.9 Å². The van der Waals surface area contributed by atoms with Crippen LogP contribution in [0.4, 0.5) is 0 Å². The minimum absolute atomic E-state index is 0.132. The lowest BCUT2D eigenvalue weighted by Crippen LogP contribution is -2.37. The second-order valence-corrected chi connectivity index (χ2v) is 4.12. The van der Waals surface area contributed by atoms with Gasteiger partial charge in [-0.1, -0.05) is 0 Å². The zero-order chi connectivity index (χ0) is 10.7. The molecule has 1 N–H and O–H groups in total. The third-order valence-electron chi connectivity index (χ3n) is 2.63. The zero-order valence-corrected chi connectivity index (χ0v) is 9.29. The van der Waals surface area contributed by atoms with E-state index in [2.05, 4.69) is 10.2 Å². The van der Waals surface area contributed by atoms with Gasteiger partial charge >= 0.3 is 0 Å². The fourth-order valence-electron chi connectivity index (χ4n) is 1.77. The molecule has 0 aliphatic carbocycles. The number of aromatic nitrogens is 3. The molecule has 1 fully saturated rings. The van der Waals surface area contributed by atoms with Crippen LogP contribution in [0.5, 0.6) is 0 Å². The Bertz CT molecular complexity index is 391. The van der Waals surface area contributed by atoms with Gasteiger partial charge in [0.25, 0.3) is 0 Å². The number of carbonyl (C=O) groups is 1. The van der Waals surface area contributed by atoms with Gasteiger partial charge < -0.3 is 4.90 Å². The molecular weight excluding hydrogens is 212 g/mol. The molecule has 1 aliphatic rings. The Hall–Kier alpha value is -1.17. The fourth-order valence-corrected chi connectivity index (χ4v) is 1.94. The lowest BCUT2D eigenvalue weighted by molar-refractivity contribution is -0.132. The molecule has 0 bridgehead atoms. The van der Waals surface area contributed by atoms with Crippen molar-refractivity contribution in [1.29, 1.82) is 0 Å². The molecule has 0 spiro atoms. The third kappa shape index (κ3) is 2.44. The summed E-state index contributed by atoms with van der Waals surface area (Å²) in [6.45, 7) is 2.06. The summed E-state index contributed by atoms with van der Waals surface area (Å²) in [6, 6.07) is 0. The Labute approximate surface area is 93.1 Å². The number of nitrogens with zero attached hydrogens (tertiary/aromatic N) is 3. The fraction of sp³-hybridized carbons (Fsp3) is 0.667. The Morgan fingerprint density at radius 3 is 2.80 bits per heavy atom. The van der Waals surface area contributed by atoms with E-state index in [-0.39, 0.29) is 5.91 Å². The molecular formula is C9H14N4OS. The average Bonchev–Trinajstić information content (AvgIpc) is 2.66. The van der Waals surface area contributed by atoms with Gasteiger partial charge in [0.05, 0.1) is 0 Å². The Kier molecular flexibility index (Phi) is 3.15. The summed E-state index contributed by atoms with van der Waals surface area (Å²) in [6.07, 6.45) is 5.02. The van der Waals surface area contributed by atoms with Crippen molar-refractivity contribution in [1.82, 2.24) is 19.7 Å². The minimum atomic E-state index is 0.132. The minimum Gasteiger partial charge on any atom is -0.341 e. The second-order valence-electron chi connectivity index (χ2n) is 3.73. The molecule has 1 saturated heterocycles. The molecule has 1 aromatic heterocycles. The molecule has 0 unspecified atom stereocenters. The summed E-state index contributed by atoms with van der Waals surface area (Å²) in [5, 5.41) is 6.42. The second kappa shape index (κ2) is 4.57. The molecule has 1 aromatic rings. The number of hydrogen-bond acceptors (Lipinski definition) is 3. The van der Waals surface area contributed by atoms with Crippen LogP contribution in [0.3, 0.4) is 0 Å². The van der Waals surface area contributed by atoms with Gasteiger partial charge in [-0.15, -0.1) is 0 Å². The monoisotopic (exact) mass is 226 g/mol. The predicted octanol–water partition coefficient (Wildman–Crippen LogP) is 0.953. The predicted molar refractivity (Wildman–Crippen MR) is 57.8 cm³/mol. The van der Waals surface area contributed by atoms with E-state index in [1.807, 2.05) is 4.90 Å². The number of aromatic amines is 1. The number of amides is 1. The van der Waals surface area contributed by atoms with Crippen LogP contribution in [0, 0.1) is 4.77 Å². The maximum absolute atomic E-state index is 11.8. The molecule has 0 saturated carbocycles. The van der Waals surface area contributed by atoms with Crippen LogP contribution in [-0.2, 0) is 11.3 Å². The van der Waals surface area contributed by atoms with Crippen molar-refractivity contribution in [3.05, 3.63) is 11.1 Å². The normalized spacial score (nSPS) is 16.7. The number of nitrogens with one attached hydrogen (secondary N) is 1. The molecule has 15 heavy (non-hydrogen) atoms. The lowest BCUT2D eigenvalue weighted by atomic mass is 10.1. The first-order valence-electron chi connectivity index (χ1n) is 5.15. The molecule has 1 aliphatic heterocycles. The number of likely N-dealkylation sites (tertiary alicyclic amines) is 1. The molecule has 2 rings (SSSR count). The Balaban J connectivity index is 1.97. The maximum Gasteiger partial charge on any atom is 0.242 e. The van der Waals surface area contributed by atoms with E-state index in [1.165, 1.54) is 6.42 Å². The Morgan fingerprint density at radius 1 is 1.47 bits per heavy atom. The van der Waals surface area contributed by atoms with E-state index < -0.39 is 0 Å². The highest BCUT2D eigenvalue weighted by molar-refractivity contribution is 7.71. The summed E-state index contributed by atoms with van der Waals surface area (Å²) in [5.41, 5.74) is 0. The largest absolute Gasteiger partial charge is 0.341 e. The van der Waals surface area contributed by atoms with Crippen molar-refractivity contribution in [2.24, 2.45) is 0 Å². The van der Waals surface area contributed by atoms with Gasteiger partial charge in [-0.3, -0.25) is 14.5 Å². The van der Waals surface area contributed by atoms with E-state index in [1.54, 1.807) is 10.9 Å². The van der Waals surface area contributed by atoms with Gasteiger partial charge in [0, 0.05) is 13.1 Å². The SMILES string of the molecule is O=C(Cn1cn[nH]c1=S)N1CCCCC1. The van der Waals surface area contributed by atoms with Gasteiger partial charge in [-0.2, -0.15) is 5.10 Å². The third-order valence-corrected chi connectivity index (χ3v) is 2.96. The average molecular weight is 226 g/mol. The number of rotatable bonds is 2. The molecule has 0 radical (unpaired) electrons. The first-order valence-corrected chi connectivity index (χ1v) is 5.56. The highest BCUT2D eigenvalue weighted by Crippen LogP contribution is 2.09. The highest BCUT2D eigenvalue weighted by atomic mass is 32.1. The highest BCUT2D eigenvalue weighted by Gasteiger charge is 2.16. The lowest BCUT2D eigenvalue weighted by Gasteiger charge is -2.26. The van der Waals surface area contributed by atoms with Crippen molar-refractivity contribution in [2.45, 2.75) is 25.8 Å². The topological polar surface area (TPSA) is 53.9 Å². The van der Waals surface area contributed by atoms with Crippen LogP contribution < -0.4 is 0 Å². The van der Waals surface area contributed by atoms with Crippen molar-refractivity contribution in [3.63, 3.8) is 0 Å². The van der Waals surface area contributed by atoms with Crippen LogP contribution in [0.1, 0.15) is 19.3 Å². The smallest absolute Gasteiger partial charge is 0.242 e. The summed E-state index contributed by atoms with van der Waals surface area (Å²) in [5.74, 6) is 0.132. The molecule has 0 aromatic carbocycles. The van der Waals surface area contributed by atoms with Crippen LogP contribution in [0.25, 0.3) is 0 Å². The maximum atomic E-state index is 11.8. The van der Waals surface area contributed by atoms with Crippen LogP contribution >= 0.6 is 12.2 Å². The van der Waals surface area contributed by atoms with Gasteiger partial charge in [0.2, 0.25) is 5.91 Å². The molecule has 0 atom stereocenters. The molecule has 6 heteroatoms. The van der Waals surface area contributed by atoms with E-state index in [4.69, 9.17) is 12.2 Å². The summed E-state index contributed by atoms with van der Waals surface area (Å²) in [7, 11) is 0. The zero-order valence-electron chi connectivity index (χ0n) is 8.48. The number of H-pyrrole nitrogens is 1. The van der Waals surface area contributed by atoms with Crippen molar-refractivity contribution in [3.8, 4) is 0 Å². The first-order chi connectivity index (χ1) is 7.27. The standard InChI is InChI=1S/C9H14N4OS/c14-8(12-4-2-1-3-5-12)6-13-7-10-11-9(13)15/h7H,1-6H2,(H,11,15). The van der Waals surface area contributed by atoms with E-state index in [9.17, 15) is 4.79 Å². The van der Waals surface area contributed by atoms with Crippen LogP contribution in [0.2, 0.25) is 0 Å². The summed E-state index contributed by atoms with van der Waals surface area (Å²) < 4.78 is 2.16. The molecule has 5 nitrogen and oxygen atoms in total. The van der Waals surface area contributed by atoms with E-state index in [0.29, 0.717) is 11.3 Å². The summed E-state index contributed by atoms with van der Waals surface area (Å²) in [4.78, 5) is 13.7. The van der Waals surface area contributed by atoms with Crippen molar-refractivity contribution < 1.29 is 4.79 Å². The number of hydrogen-bond donors (Lipinski definition) is 1. The molecule has 1 amide bonds. The van der Waals surface area contributed by atoms with Crippen molar-refractivity contribution >= 4 is 18.1 Å². The van der Waals surface area contributed by atoms with Gasteiger partial charge in [-0.25, -0.2) is 0 Å². The van der Waals surface area contributed by atoms with Gasteiger partial charge in [-0.05, 0) is 31.5 Å². The number of piperidine rings is 1. The van der Waals surface area contributed by atoms with Crippen molar-refractivity contribution in [2.75, 3.05) is 13.1 Å². The Morgan fingerprint density at radius 2 is 2.20 bits per heavy atom. The quantitative estimate of drug-likeness (QED) is 0.764. The van der Waals surface area contributed by atoms with E-state index >= 15 is 0 Å². The van der Waals surface area contributed by atoms with Crippen LogP contribution in [0.15, 0.2) is 6.33 Å². The summed E-state index contributed by atoms with van der Waals surface area (Å²) >= 11 is 4.98. The van der Waals surface area contributed by atoms with Gasteiger partial charge in [0.15, 0.2) is 4.77 Å².